The maximum Gasteiger partial charge on any atom is 0.391 e. The second kappa shape index (κ2) is 4.97. The summed E-state index contributed by atoms with van der Waals surface area (Å²) in [5.74, 6) is 0.328. The van der Waals surface area contributed by atoms with Crippen molar-refractivity contribution in [3.63, 3.8) is 0 Å². The van der Waals surface area contributed by atoms with Gasteiger partial charge in [0.25, 0.3) is 0 Å². The van der Waals surface area contributed by atoms with Crippen molar-refractivity contribution in [2.45, 2.75) is 64.0 Å². The lowest BCUT2D eigenvalue weighted by atomic mass is 9.71. The van der Waals surface area contributed by atoms with Crippen LogP contribution >= 0.6 is 0 Å². The molecule has 0 N–H and O–H groups in total. The van der Waals surface area contributed by atoms with Crippen molar-refractivity contribution in [3.05, 3.63) is 0 Å². The van der Waals surface area contributed by atoms with Gasteiger partial charge < -0.3 is 0 Å². The zero-order valence-corrected chi connectivity index (χ0v) is 9.73. The van der Waals surface area contributed by atoms with Gasteiger partial charge in [-0.3, -0.25) is 0 Å². The second-order valence-corrected chi connectivity index (χ2v) is 5.55. The maximum absolute atomic E-state index is 12.5. The molecule has 0 spiro atoms. The van der Waals surface area contributed by atoms with Crippen LogP contribution in [-0.2, 0) is 0 Å². The molecule has 0 heterocycles. The van der Waals surface area contributed by atoms with Crippen LogP contribution in [0.25, 0.3) is 0 Å². The van der Waals surface area contributed by atoms with Crippen molar-refractivity contribution >= 4 is 0 Å². The monoisotopic (exact) mass is 234 g/mol. The Balaban J connectivity index is 1.80. The van der Waals surface area contributed by atoms with Gasteiger partial charge in [0.1, 0.15) is 0 Å². The number of halogens is 3. The van der Waals surface area contributed by atoms with Gasteiger partial charge in [0.05, 0.1) is 5.92 Å². The summed E-state index contributed by atoms with van der Waals surface area (Å²) in [5, 5.41) is 0. The highest BCUT2D eigenvalue weighted by atomic mass is 19.4. The van der Waals surface area contributed by atoms with Crippen LogP contribution in [0.1, 0.15) is 57.8 Å². The Bertz CT molecular complexity index is 208. The summed E-state index contributed by atoms with van der Waals surface area (Å²) < 4.78 is 37.5. The standard InChI is InChI=1S/C13H21F3/c14-13(15,16)12-8-6-11(7-9-12)10-4-2-1-3-5-10/h10-12H,1-9H2. The zero-order valence-electron chi connectivity index (χ0n) is 9.73. The summed E-state index contributed by atoms with van der Waals surface area (Å²) in [6, 6.07) is 0. The Hall–Kier alpha value is -0.210. The van der Waals surface area contributed by atoms with Crippen LogP contribution in [0.4, 0.5) is 13.2 Å². The molecule has 2 aliphatic rings. The molecule has 0 saturated heterocycles. The first-order chi connectivity index (χ1) is 7.57. The first-order valence-electron chi connectivity index (χ1n) is 6.64. The van der Waals surface area contributed by atoms with Crippen molar-refractivity contribution < 1.29 is 13.2 Å². The van der Waals surface area contributed by atoms with Gasteiger partial charge in [-0.15, -0.1) is 0 Å². The Kier molecular flexibility index (Phi) is 3.81. The van der Waals surface area contributed by atoms with E-state index >= 15 is 0 Å². The molecule has 0 aliphatic heterocycles. The van der Waals surface area contributed by atoms with Crippen LogP contribution in [-0.4, -0.2) is 6.18 Å². The molecule has 0 unspecified atom stereocenters. The van der Waals surface area contributed by atoms with E-state index in [-0.39, 0.29) is 0 Å². The van der Waals surface area contributed by atoms with E-state index in [0.717, 1.165) is 18.8 Å². The van der Waals surface area contributed by atoms with Crippen molar-refractivity contribution in [2.24, 2.45) is 17.8 Å². The molecule has 0 amide bonds. The van der Waals surface area contributed by atoms with Gasteiger partial charge in [-0.2, -0.15) is 13.2 Å². The largest absolute Gasteiger partial charge is 0.391 e. The van der Waals surface area contributed by atoms with E-state index in [1.54, 1.807) is 0 Å². The van der Waals surface area contributed by atoms with E-state index in [2.05, 4.69) is 0 Å². The average molecular weight is 234 g/mol. The predicted octanol–water partition coefficient (Wildman–Crippen LogP) is 4.94. The zero-order chi connectivity index (χ0) is 11.6. The molecule has 2 fully saturated rings. The van der Waals surface area contributed by atoms with E-state index < -0.39 is 12.1 Å². The topological polar surface area (TPSA) is 0 Å². The molecule has 0 aromatic rings. The first-order valence-corrected chi connectivity index (χ1v) is 6.64. The van der Waals surface area contributed by atoms with Crippen LogP contribution in [0.15, 0.2) is 0 Å². The van der Waals surface area contributed by atoms with E-state index in [1.165, 1.54) is 32.1 Å². The third kappa shape index (κ3) is 2.92. The fraction of sp³-hybridized carbons (Fsp3) is 1.00. The Morgan fingerprint density at radius 3 is 1.62 bits per heavy atom. The number of hydrogen-bond donors (Lipinski definition) is 0. The van der Waals surface area contributed by atoms with E-state index in [9.17, 15) is 13.2 Å². The molecule has 16 heavy (non-hydrogen) atoms. The maximum atomic E-state index is 12.5. The van der Waals surface area contributed by atoms with Crippen molar-refractivity contribution in [1.29, 1.82) is 0 Å². The molecule has 0 bridgehead atoms. The van der Waals surface area contributed by atoms with E-state index in [0.29, 0.717) is 18.8 Å². The third-order valence-electron chi connectivity index (χ3n) is 4.55. The third-order valence-corrected chi connectivity index (χ3v) is 4.55. The number of hydrogen-bond acceptors (Lipinski definition) is 0. The molecule has 0 aromatic heterocycles. The van der Waals surface area contributed by atoms with Crippen LogP contribution < -0.4 is 0 Å². The van der Waals surface area contributed by atoms with Gasteiger partial charge in [0.2, 0.25) is 0 Å². The van der Waals surface area contributed by atoms with Crippen LogP contribution in [0.3, 0.4) is 0 Å². The van der Waals surface area contributed by atoms with E-state index in [1.807, 2.05) is 0 Å². The fourth-order valence-electron chi connectivity index (χ4n) is 3.52. The molecule has 2 rings (SSSR count). The van der Waals surface area contributed by atoms with Crippen molar-refractivity contribution in [1.82, 2.24) is 0 Å². The summed E-state index contributed by atoms with van der Waals surface area (Å²) in [6.07, 6.45) is 4.89. The number of alkyl halides is 3. The Morgan fingerprint density at radius 2 is 1.12 bits per heavy atom. The second-order valence-electron chi connectivity index (χ2n) is 5.55. The minimum atomic E-state index is -3.95. The number of rotatable bonds is 1. The van der Waals surface area contributed by atoms with Gasteiger partial charge in [-0.1, -0.05) is 32.1 Å². The van der Waals surface area contributed by atoms with Gasteiger partial charge >= 0.3 is 6.18 Å². The quantitative estimate of drug-likeness (QED) is 0.603. The van der Waals surface area contributed by atoms with Crippen molar-refractivity contribution in [2.75, 3.05) is 0 Å². The lowest BCUT2D eigenvalue weighted by Crippen LogP contribution is -2.30. The normalized spacial score (nSPS) is 33.9. The molecule has 0 radical (unpaired) electrons. The average Bonchev–Trinajstić information content (AvgIpc) is 2.29. The molecule has 0 nitrogen and oxygen atoms in total. The smallest absolute Gasteiger partial charge is 0.171 e. The minimum absolute atomic E-state index is 0.380. The van der Waals surface area contributed by atoms with Gasteiger partial charge in [0, 0.05) is 0 Å². The fourth-order valence-corrected chi connectivity index (χ4v) is 3.52. The van der Waals surface area contributed by atoms with Gasteiger partial charge in [-0.05, 0) is 37.5 Å². The van der Waals surface area contributed by atoms with Gasteiger partial charge in [0.15, 0.2) is 0 Å². The highest BCUT2D eigenvalue weighted by molar-refractivity contribution is 4.82. The summed E-state index contributed by atoms with van der Waals surface area (Å²) in [7, 11) is 0. The van der Waals surface area contributed by atoms with Crippen LogP contribution in [0.2, 0.25) is 0 Å². The predicted molar refractivity (Wildman–Crippen MR) is 58.1 cm³/mol. The molecule has 2 aliphatic carbocycles. The van der Waals surface area contributed by atoms with Gasteiger partial charge in [-0.25, -0.2) is 0 Å². The molecular weight excluding hydrogens is 213 g/mol. The highest BCUT2D eigenvalue weighted by Gasteiger charge is 2.42. The van der Waals surface area contributed by atoms with E-state index in [4.69, 9.17) is 0 Å². The SMILES string of the molecule is FC(F)(F)C1CCC(C2CCCCC2)CC1. The Morgan fingerprint density at radius 1 is 0.625 bits per heavy atom. The summed E-state index contributed by atoms with van der Waals surface area (Å²) in [6.45, 7) is 0. The van der Waals surface area contributed by atoms with Crippen LogP contribution in [0.5, 0.6) is 0 Å². The molecule has 2 saturated carbocycles. The lowest BCUT2D eigenvalue weighted by Gasteiger charge is -2.36. The summed E-state index contributed by atoms with van der Waals surface area (Å²) in [5.41, 5.74) is 0. The molecule has 3 heteroatoms. The van der Waals surface area contributed by atoms with Crippen LogP contribution in [0, 0.1) is 17.8 Å². The molecular formula is C13H21F3. The Labute approximate surface area is 95.6 Å². The summed E-state index contributed by atoms with van der Waals surface area (Å²) >= 11 is 0. The minimum Gasteiger partial charge on any atom is -0.171 e. The van der Waals surface area contributed by atoms with Crippen molar-refractivity contribution in [3.8, 4) is 0 Å². The molecule has 0 atom stereocenters. The first kappa shape index (κ1) is 12.3. The lowest BCUT2D eigenvalue weighted by molar-refractivity contribution is -0.185. The molecule has 94 valence electrons. The summed E-state index contributed by atoms with van der Waals surface area (Å²) in [4.78, 5) is 0. The molecule has 0 aromatic carbocycles. The highest BCUT2D eigenvalue weighted by Crippen LogP contribution is 2.44.